The highest BCUT2D eigenvalue weighted by molar-refractivity contribution is 4.51. The van der Waals surface area contributed by atoms with Gasteiger partial charge in [-0.05, 0) is 25.9 Å². The minimum absolute atomic E-state index is 0.780. The van der Waals surface area contributed by atoms with Crippen LogP contribution in [0.2, 0.25) is 0 Å². The molecule has 0 aliphatic heterocycles. The Morgan fingerprint density at radius 2 is 2.09 bits per heavy atom. The van der Waals surface area contributed by atoms with Crippen LogP contribution in [0.5, 0.6) is 0 Å². The van der Waals surface area contributed by atoms with Gasteiger partial charge in [-0.2, -0.15) is 0 Å². The van der Waals surface area contributed by atoms with E-state index in [9.17, 15) is 0 Å². The second-order valence-corrected chi connectivity index (χ2v) is 2.49. The van der Waals surface area contributed by atoms with Crippen LogP contribution in [0.4, 0.5) is 0 Å². The van der Waals surface area contributed by atoms with Gasteiger partial charge in [-0.3, -0.25) is 0 Å². The van der Waals surface area contributed by atoms with Crippen LogP contribution in [0.15, 0.2) is 12.8 Å². The summed E-state index contributed by atoms with van der Waals surface area (Å²) in [4.78, 5) is 0. The smallest absolute Gasteiger partial charge is 0.0885 e. The molecule has 0 saturated carbocycles. The van der Waals surface area contributed by atoms with Crippen molar-refractivity contribution in [2.24, 2.45) is 0 Å². The Morgan fingerprint density at radius 3 is 2.73 bits per heavy atom. The minimum atomic E-state index is 0.780. The Morgan fingerprint density at radius 1 is 1.36 bits per heavy atom. The normalized spacial score (nSPS) is 9.55. The van der Waals surface area contributed by atoms with Gasteiger partial charge in [0.1, 0.15) is 0 Å². The van der Waals surface area contributed by atoms with Crippen molar-refractivity contribution >= 4 is 0 Å². The number of rotatable bonds is 8. The van der Waals surface area contributed by atoms with Crippen molar-refractivity contribution in [1.82, 2.24) is 5.32 Å². The monoisotopic (exact) mass is 157 g/mol. The van der Waals surface area contributed by atoms with Crippen molar-refractivity contribution in [3.05, 3.63) is 12.8 Å². The average Bonchev–Trinajstić information content (AvgIpc) is 2.03. The molecule has 0 radical (unpaired) electrons. The van der Waals surface area contributed by atoms with Crippen LogP contribution in [0.3, 0.4) is 0 Å². The Balaban J connectivity index is 2.74. The lowest BCUT2D eigenvalue weighted by atomic mass is 10.3. The fraction of sp³-hybridized carbons (Fsp3) is 0.778. The van der Waals surface area contributed by atoms with Gasteiger partial charge in [0.2, 0.25) is 0 Å². The summed E-state index contributed by atoms with van der Waals surface area (Å²) in [5, 5.41) is 3.33. The van der Waals surface area contributed by atoms with E-state index in [2.05, 4.69) is 18.8 Å². The van der Waals surface area contributed by atoms with Gasteiger partial charge >= 0.3 is 0 Å². The average molecular weight is 157 g/mol. The first kappa shape index (κ1) is 10.5. The summed E-state index contributed by atoms with van der Waals surface area (Å²) in [6.45, 7) is 8.62. The molecule has 0 rings (SSSR count). The summed E-state index contributed by atoms with van der Waals surface area (Å²) < 4.78 is 4.96. The molecular weight excluding hydrogens is 138 g/mol. The Kier molecular flexibility index (Phi) is 9.07. The van der Waals surface area contributed by atoms with Crippen molar-refractivity contribution in [3.8, 4) is 0 Å². The lowest BCUT2D eigenvalue weighted by molar-refractivity contribution is 0.244. The molecule has 0 saturated heterocycles. The van der Waals surface area contributed by atoms with E-state index in [1.165, 1.54) is 19.1 Å². The van der Waals surface area contributed by atoms with Crippen LogP contribution < -0.4 is 5.32 Å². The summed E-state index contributed by atoms with van der Waals surface area (Å²) in [5.74, 6) is 0. The molecule has 0 heterocycles. The van der Waals surface area contributed by atoms with Gasteiger partial charge in [-0.15, -0.1) is 0 Å². The molecule has 0 fully saturated rings. The molecule has 0 atom stereocenters. The van der Waals surface area contributed by atoms with E-state index in [4.69, 9.17) is 4.74 Å². The van der Waals surface area contributed by atoms with Crippen molar-refractivity contribution in [2.45, 2.75) is 26.2 Å². The topological polar surface area (TPSA) is 21.3 Å². The summed E-state index contributed by atoms with van der Waals surface area (Å²) in [6.07, 6.45) is 5.08. The zero-order chi connectivity index (χ0) is 8.36. The first-order valence-electron chi connectivity index (χ1n) is 4.35. The molecule has 2 nitrogen and oxygen atoms in total. The fourth-order valence-electron chi connectivity index (χ4n) is 0.791. The minimum Gasteiger partial charge on any atom is -0.502 e. The number of nitrogens with one attached hydrogen (secondary N) is 1. The van der Waals surface area contributed by atoms with Gasteiger partial charge in [0.15, 0.2) is 0 Å². The fourth-order valence-corrected chi connectivity index (χ4v) is 0.791. The first-order chi connectivity index (χ1) is 5.41. The van der Waals surface area contributed by atoms with Gasteiger partial charge < -0.3 is 10.1 Å². The SMILES string of the molecule is C=COCCCNCCCC. The number of hydrogen-bond donors (Lipinski definition) is 1. The van der Waals surface area contributed by atoms with Gasteiger partial charge in [0.05, 0.1) is 12.9 Å². The molecule has 0 bridgehead atoms. The highest BCUT2D eigenvalue weighted by Crippen LogP contribution is 1.84. The summed E-state index contributed by atoms with van der Waals surface area (Å²) in [6, 6.07) is 0. The molecule has 11 heavy (non-hydrogen) atoms. The third-order valence-corrected chi connectivity index (χ3v) is 1.44. The highest BCUT2D eigenvalue weighted by atomic mass is 16.5. The van der Waals surface area contributed by atoms with E-state index in [-0.39, 0.29) is 0 Å². The molecule has 0 aromatic carbocycles. The second-order valence-electron chi connectivity index (χ2n) is 2.49. The van der Waals surface area contributed by atoms with E-state index in [0.717, 1.165) is 26.1 Å². The Bertz CT molecular complexity index is 83.6. The first-order valence-corrected chi connectivity index (χ1v) is 4.35. The highest BCUT2D eigenvalue weighted by Gasteiger charge is 1.86. The van der Waals surface area contributed by atoms with Crippen molar-refractivity contribution < 1.29 is 4.74 Å². The number of hydrogen-bond acceptors (Lipinski definition) is 2. The molecule has 0 amide bonds. The van der Waals surface area contributed by atoms with Crippen LogP contribution in [0.25, 0.3) is 0 Å². The predicted molar refractivity (Wildman–Crippen MR) is 48.5 cm³/mol. The molecule has 0 unspecified atom stereocenters. The zero-order valence-electron chi connectivity index (χ0n) is 7.44. The number of ether oxygens (including phenoxy) is 1. The summed E-state index contributed by atoms with van der Waals surface area (Å²) in [5.41, 5.74) is 0. The molecule has 0 aliphatic carbocycles. The van der Waals surface area contributed by atoms with Crippen LogP contribution >= 0.6 is 0 Å². The van der Waals surface area contributed by atoms with E-state index < -0.39 is 0 Å². The maximum Gasteiger partial charge on any atom is 0.0885 e. The quantitative estimate of drug-likeness (QED) is 0.429. The largest absolute Gasteiger partial charge is 0.502 e. The van der Waals surface area contributed by atoms with Gasteiger partial charge in [0, 0.05) is 0 Å². The Hall–Kier alpha value is -0.500. The van der Waals surface area contributed by atoms with Crippen LogP contribution in [0, 0.1) is 0 Å². The van der Waals surface area contributed by atoms with E-state index >= 15 is 0 Å². The zero-order valence-corrected chi connectivity index (χ0v) is 7.44. The summed E-state index contributed by atoms with van der Waals surface area (Å²) in [7, 11) is 0. The van der Waals surface area contributed by atoms with Crippen molar-refractivity contribution in [2.75, 3.05) is 19.7 Å². The molecule has 2 heteroatoms. The maximum absolute atomic E-state index is 4.96. The van der Waals surface area contributed by atoms with Crippen molar-refractivity contribution in [1.29, 1.82) is 0 Å². The molecule has 0 aromatic rings. The Labute approximate surface area is 69.6 Å². The van der Waals surface area contributed by atoms with Crippen LogP contribution in [0.1, 0.15) is 26.2 Å². The van der Waals surface area contributed by atoms with Gasteiger partial charge in [-0.1, -0.05) is 19.9 Å². The van der Waals surface area contributed by atoms with Gasteiger partial charge in [0.25, 0.3) is 0 Å². The van der Waals surface area contributed by atoms with E-state index in [0.29, 0.717) is 0 Å². The molecule has 1 N–H and O–H groups in total. The number of unbranched alkanes of at least 4 members (excludes halogenated alkanes) is 1. The molecule has 0 aliphatic rings. The van der Waals surface area contributed by atoms with Crippen LogP contribution in [-0.2, 0) is 4.74 Å². The lowest BCUT2D eigenvalue weighted by Crippen LogP contribution is -2.17. The second kappa shape index (κ2) is 9.50. The molecular formula is C9H19NO. The maximum atomic E-state index is 4.96. The molecule has 66 valence electrons. The van der Waals surface area contributed by atoms with Crippen LogP contribution in [-0.4, -0.2) is 19.7 Å². The molecule has 0 aromatic heterocycles. The lowest BCUT2D eigenvalue weighted by Gasteiger charge is -2.02. The van der Waals surface area contributed by atoms with E-state index in [1.807, 2.05) is 0 Å². The predicted octanol–water partition coefficient (Wildman–Crippen LogP) is 1.93. The standard InChI is InChI=1S/C9H19NO/c1-3-5-7-10-8-6-9-11-4-2/h4,10H,2-3,5-9H2,1H3. The third-order valence-electron chi connectivity index (χ3n) is 1.44. The van der Waals surface area contributed by atoms with Gasteiger partial charge in [-0.25, -0.2) is 0 Å². The molecule has 0 spiro atoms. The third kappa shape index (κ3) is 9.50. The van der Waals surface area contributed by atoms with Crippen molar-refractivity contribution in [3.63, 3.8) is 0 Å². The van der Waals surface area contributed by atoms with E-state index in [1.54, 1.807) is 0 Å². The summed E-state index contributed by atoms with van der Waals surface area (Å²) >= 11 is 0.